The molecule has 2 aromatic carbocycles. The Morgan fingerprint density at radius 1 is 0.850 bits per heavy atom. The van der Waals surface area contributed by atoms with Gasteiger partial charge in [0, 0.05) is 5.56 Å². The topological polar surface area (TPSA) is 17.1 Å². The highest BCUT2D eigenvalue weighted by atomic mass is 19.1. The minimum atomic E-state index is -0.383. The van der Waals surface area contributed by atoms with Crippen LogP contribution in [0, 0.1) is 40.4 Å². The zero-order valence-electron chi connectivity index (χ0n) is 12.6. The van der Waals surface area contributed by atoms with E-state index in [1.807, 2.05) is 0 Å². The van der Waals surface area contributed by atoms with Gasteiger partial charge in [-0.25, -0.2) is 4.39 Å². The molecule has 2 aromatic rings. The number of hydrogen-bond acceptors (Lipinski definition) is 1. The molecule has 0 radical (unpaired) electrons. The van der Waals surface area contributed by atoms with Crippen molar-refractivity contribution < 1.29 is 9.18 Å². The molecule has 0 aliphatic heterocycles. The summed E-state index contributed by atoms with van der Waals surface area (Å²) in [6.45, 7) is 10.4. The molecule has 0 aliphatic carbocycles. The van der Waals surface area contributed by atoms with Gasteiger partial charge in [0.05, 0.1) is 0 Å². The first kappa shape index (κ1) is 14.4. The normalized spacial score (nSPS) is 10.7. The van der Waals surface area contributed by atoms with E-state index in [2.05, 4.69) is 34.6 Å². The van der Waals surface area contributed by atoms with Crippen LogP contribution < -0.4 is 0 Å². The van der Waals surface area contributed by atoms with E-state index >= 15 is 0 Å². The number of carbonyl (C=O) groups excluding carboxylic acids is 1. The first-order valence-corrected chi connectivity index (χ1v) is 6.70. The predicted octanol–water partition coefficient (Wildman–Crippen LogP) is 4.85. The van der Waals surface area contributed by atoms with Gasteiger partial charge in [-0.15, -0.1) is 0 Å². The number of carbonyl (C=O) groups is 1. The van der Waals surface area contributed by atoms with Gasteiger partial charge in [0.15, 0.2) is 6.29 Å². The van der Waals surface area contributed by atoms with Crippen LogP contribution in [0.1, 0.15) is 38.2 Å². The minimum Gasteiger partial charge on any atom is -0.298 e. The molecule has 0 saturated heterocycles. The highest BCUT2D eigenvalue weighted by Crippen LogP contribution is 2.35. The summed E-state index contributed by atoms with van der Waals surface area (Å²) >= 11 is 0. The van der Waals surface area contributed by atoms with E-state index in [0.29, 0.717) is 5.56 Å². The van der Waals surface area contributed by atoms with Crippen LogP contribution in [0.15, 0.2) is 18.2 Å². The monoisotopic (exact) mass is 270 g/mol. The molecule has 0 atom stereocenters. The van der Waals surface area contributed by atoms with Crippen LogP contribution >= 0.6 is 0 Å². The molecule has 0 N–H and O–H groups in total. The summed E-state index contributed by atoms with van der Waals surface area (Å²) < 4.78 is 13.3. The molecule has 104 valence electrons. The lowest BCUT2D eigenvalue weighted by Gasteiger charge is -2.20. The Labute approximate surface area is 119 Å². The van der Waals surface area contributed by atoms with E-state index in [-0.39, 0.29) is 5.82 Å². The van der Waals surface area contributed by atoms with Gasteiger partial charge in [-0.2, -0.15) is 0 Å². The lowest BCUT2D eigenvalue weighted by atomic mass is 9.85. The van der Waals surface area contributed by atoms with Crippen LogP contribution in [0.4, 0.5) is 4.39 Å². The zero-order chi connectivity index (χ0) is 15.0. The standard InChI is InChI=1S/C18H19FO/c1-10-11(2)13(4)18(14(5)12(10)3)17-7-6-16(19)8-15(17)9-20/h6-9H,1-5H3. The Bertz CT molecular complexity index is 670. The molecule has 0 saturated carbocycles. The number of halogens is 1. The van der Waals surface area contributed by atoms with Crippen molar-refractivity contribution in [3.05, 3.63) is 57.4 Å². The summed E-state index contributed by atoms with van der Waals surface area (Å²) in [6.07, 6.45) is 0.724. The van der Waals surface area contributed by atoms with Crippen molar-refractivity contribution in [3.63, 3.8) is 0 Å². The van der Waals surface area contributed by atoms with Gasteiger partial charge in [0.2, 0.25) is 0 Å². The van der Waals surface area contributed by atoms with E-state index in [0.717, 1.165) is 28.5 Å². The Morgan fingerprint density at radius 2 is 1.35 bits per heavy atom. The first-order valence-electron chi connectivity index (χ1n) is 6.70. The predicted molar refractivity (Wildman–Crippen MR) is 80.9 cm³/mol. The average molecular weight is 270 g/mol. The maximum atomic E-state index is 13.3. The van der Waals surface area contributed by atoms with Gasteiger partial charge in [0.1, 0.15) is 5.82 Å². The van der Waals surface area contributed by atoms with Crippen LogP contribution in [0.2, 0.25) is 0 Å². The van der Waals surface area contributed by atoms with Crippen molar-refractivity contribution in [1.29, 1.82) is 0 Å². The maximum absolute atomic E-state index is 13.3. The smallest absolute Gasteiger partial charge is 0.150 e. The lowest BCUT2D eigenvalue weighted by molar-refractivity contribution is 0.112. The third-order valence-corrected chi connectivity index (χ3v) is 4.41. The van der Waals surface area contributed by atoms with E-state index in [1.165, 1.54) is 28.8 Å². The summed E-state index contributed by atoms with van der Waals surface area (Å²) in [4.78, 5) is 11.2. The van der Waals surface area contributed by atoms with Crippen molar-refractivity contribution in [2.24, 2.45) is 0 Å². The fourth-order valence-electron chi connectivity index (χ4n) is 2.76. The summed E-state index contributed by atoms with van der Waals surface area (Å²) in [5.41, 5.74) is 8.29. The van der Waals surface area contributed by atoms with Crippen molar-refractivity contribution in [3.8, 4) is 11.1 Å². The van der Waals surface area contributed by atoms with Crippen LogP contribution in [0.3, 0.4) is 0 Å². The Balaban J connectivity index is 2.87. The molecule has 1 nitrogen and oxygen atoms in total. The fourth-order valence-corrected chi connectivity index (χ4v) is 2.76. The second-order valence-electron chi connectivity index (χ2n) is 5.35. The molecule has 0 bridgehead atoms. The van der Waals surface area contributed by atoms with Crippen molar-refractivity contribution in [2.45, 2.75) is 34.6 Å². The van der Waals surface area contributed by atoms with Crippen LogP contribution in [-0.4, -0.2) is 6.29 Å². The van der Waals surface area contributed by atoms with Gasteiger partial charge < -0.3 is 0 Å². The molecular weight excluding hydrogens is 251 g/mol. The second kappa shape index (κ2) is 5.20. The highest BCUT2D eigenvalue weighted by Gasteiger charge is 2.16. The molecule has 0 fully saturated rings. The number of rotatable bonds is 2. The molecule has 0 aliphatic rings. The molecule has 2 heteroatoms. The summed E-state index contributed by atoms with van der Waals surface area (Å²) in [5, 5.41) is 0. The first-order chi connectivity index (χ1) is 9.38. The second-order valence-corrected chi connectivity index (χ2v) is 5.35. The number of aldehydes is 1. The van der Waals surface area contributed by atoms with Gasteiger partial charge in [-0.05, 0) is 85.7 Å². The summed E-state index contributed by atoms with van der Waals surface area (Å²) in [6, 6.07) is 4.40. The molecule has 0 amide bonds. The molecular formula is C18H19FO. The van der Waals surface area contributed by atoms with Crippen molar-refractivity contribution in [1.82, 2.24) is 0 Å². The molecule has 20 heavy (non-hydrogen) atoms. The van der Waals surface area contributed by atoms with Gasteiger partial charge in [-0.3, -0.25) is 4.79 Å². The van der Waals surface area contributed by atoms with E-state index in [4.69, 9.17) is 0 Å². The SMILES string of the molecule is Cc1c(C)c(C)c(-c2ccc(F)cc2C=O)c(C)c1C. The maximum Gasteiger partial charge on any atom is 0.150 e. The van der Waals surface area contributed by atoms with E-state index in [9.17, 15) is 9.18 Å². The fraction of sp³-hybridized carbons (Fsp3) is 0.278. The van der Waals surface area contributed by atoms with Gasteiger partial charge in [0.25, 0.3) is 0 Å². The van der Waals surface area contributed by atoms with E-state index in [1.54, 1.807) is 6.07 Å². The average Bonchev–Trinajstić information content (AvgIpc) is 2.44. The zero-order valence-corrected chi connectivity index (χ0v) is 12.6. The van der Waals surface area contributed by atoms with Gasteiger partial charge in [-0.1, -0.05) is 6.07 Å². The molecule has 2 rings (SSSR count). The number of benzene rings is 2. The number of hydrogen-bond donors (Lipinski definition) is 0. The molecule has 0 unspecified atom stereocenters. The lowest BCUT2D eigenvalue weighted by Crippen LogP contribution is -2.01. The quantitative estimate of drug-likeness (QED) is 0.713. The Kier molecular flexibility index (Phi) is 3.76. The highest BCUT2D eigenvalue weighted by molar-refractivity contribution is 5.90. The summed E-state index contributed by atoms with van der Waals surface area (Å²) in [7, 11) is 0. The van der Waals surface area contributed by atoms with Crippen molar-refractivity contribution in [2.75, 3.05) is 0 Å². The van der Waals surface area contributed by atoms with Crippen molar-refractivity contribution >= 4 is 6.29 Å². The Morgan fingerprint density at radius 3 is 1.85 bits per heavy atom. The summed E-state index contributed by atoms with van der Waals surface area (Å²) in [5.74, 6) is -0.383. The molecule has 0 aromatic heterocycles. The molecule has 0 heterocycles. The van der Waals surface area contributed by atoms with Gasteiger partial charge >= 0.3 is 0 Å². The Hall–Kier alpha value is -1.96. The minimum absolute atomic E-state index is 0.383. The van der Waals surface area contributed by atoms with Crippen LogP contribution in [0.5, 0.6) is 0 Å². The largest absolute Gasteiger partial charge is 0.298 e. The van der Waals surface area contributed by atoms with E-state index < -0.39 is 0 Å². The van der Waals surface area contributed by atoms with Crippen LogP contribution in [0.25, 0.3) is 11.1 Å². The van der Waals surface area contributed by atoms with Crippen LogP contribution in [-0.2, 0) is 0 Å². The third kappa shape index (κ3) is 2.15. The third-order valence-electron chi connectivity index (χ3n) is 4.41. The molecule has 0 spiro atoms.